The van der Waals surface area contributed by atoms with E-state index in [-0.39, 0.29) is 18.4 Å². The second-order valence-electron chi connectivity index (χ2n) is 3.54. The number of fused-ring (bicyclic) bond motifs is 1. The molecule has 1 atom stereocenters. The van der Waals surface area contributed by atoms with E-state index in [9.17, 15) is 4.79 Å². The number of Topliss-reactive ketones (excluding diaryl/α,β-unsaturated/α-hetero) is 1. The van der Waals surface area contributed by atoms with Crippen LogP contribution in [0, 0.1) is 0 Å². The first kappa shape index (κ1) is 9.21. The summed E-state index contributed by atoms with van der Waals surface area (Å²) in [5, 5.41) is 12.1. The minimum Gasteiger partial charge on any atom is -0.396 e. The Balaban J connectivity index is 2.33. The molecule has 3 heteroatoms. The van der Waals surface area contributed by atoms with E-state index in [0.29, 0.717) is 12.0 Å². The van der Waals surface area contributed by atoms with Crippen LogP contribution in [0.15, 0.2) is 35.1 Å². The number of carbonyl (C=O) groups is 1. The zero-order chi connectivity index (χ0) is 10.1. The summed E-state index contributed by atoms with van der Waals surface area (Å²) < 4.78 is 0. The average molecular weight is 191 g/mol. The molecule has 0 fully saturated rings. The van der Waals surface area contributed by atoms with Crippen LogP contribution in [0.3, 0.4) is 0 Å². The first-order valence-corrected chi connectivity index (χ1v) is 4.74. The molecular weight excluding hydrogens is 178 g/mol. The molecule has 0 aromatic carbocycles. The third-order valence-electron chi connectivity index (χ3n) is 2.64. The van der Waals surface area contributed by atoms with Gasteiger partial charge < -0.3 is 10.4 Å². The van der Waals surface area contributed by atoms with Crippen molar-refractivity contribution in [2.45, 2.75) is 19.4 Å². The van der Waals surface area contributed by atoms with Crippen LogP contribution in [-0.4, -0.2) is 23.5 Å². The highest BCUT2D eigenvalue weighted by Crippen LogP contribution is 2.25. The Morgan fingerprint density at radius 3 is 3.07 bits per heavy atom. The number of aliphatic hydroxyl groups excluding tert-OH is 1. The number of allylic oxidation sites excluding steroid dienone is 3. The molecule has 0 aromatic rings. The maximum atomic E-state index is 11.9. The lowest BCUT2D eigenvalue weighted by atomic mass is 9.92. The largest absolute Gasteiger partial charge is 0.396 e. The van der Waals surface area contributed by atoms with Crippen molar-refractivity contribution in [2.24, 2.45) is 0 Å². The Morgan fingerprint density at radius 2 is 2.36 bits per heavy atom. The molecule has 0 aromatic heterocycles. The lowest BCUT2D eigenvalue weighted by molar-refractivity contribution is -0.113. The van der Waals surface area contributed by atoms with Gasteiger partial charge in [0.15, 0.2) is 5.78 Å². The van der Waals surface area contributed by atoms with Gasteiger partial charge in [0.25, 0.3) is 0 Å². The van der Waals surface area contributed by atoms with Gasteiger partial charge in [0.1, 0.15) is 0 Å². The van der Waals surface area contributed by atoms with Crippen LogP contribution in [0.2, 0.25) is 0 Å². The van der Waals surface area contributed by atoms with Gasteiger partial charge in [-0.15, -0.1) is 0 Å². The van der Waals surface area contributed by atoms with Gasteiger partial charge in [-0.05, 0) is 6.92 Å². The van der Waals surface area contributed by atoms with E-state index in [1.165, 1.54) is 0 Å². The predicted molar refractivity (Wildman–Crippen MR) is 53.6 cm³/mol. The summed E-state index contributed by atoms with van der Waals surface area (Å²) in [6, 6.07) is 0.0462. The number of aliphatic hydroxyl groups is 1. The van der Waals surface area contributed by atoms with Crippen molar-refractivity contribution < 1.29 is 9.90 Å². The molecule has 2 aliphatic rings. The average Bonchev–Trinajstić information content (AvgIpc) is 2.60. The fourth-order valence-corrected chi connectivity index (χ4v) is 1.90. The van der Waals surface area contributed by atoms with E-state index < -0.39 is 0 Å². The van der Waals surface area contributed by atoms with Crippen molar-refractivity contribution in [1.82, 2.24) is 5.32 Å². The molecule has 1 heterocycles. The van der Waals surface area contributed by atoms with E-state index in [1.807, 2.05) is 25.2 Å². The van der Waals surface area contributed by atoms with Gasteiger partial charge in [-0.25, -0.2) is 0 Å². The van der Waals surface area contributed by atoms with Gasteiger partial charge in [-0.2, -0.15) is 0 Å². The highest BCUT2D eigenvalue weighted by atomic mass is 16.3. The van der Waals surface area contributed by atoms with Gasteiger partial charge in [0.2, 0.25) is 0 Å². The molecule has 74 valence electrons. The van der Waals surface area contributed by atoms with Gasteiger partial charge in [0, 0.05) is 29.9 Å². The maximum absolute atomic E-state index is 11.9. The van der Waals surface area contributed by atoms with Crippen molar-refractivity contribution in [3.63, 3.8) is 0 Å². The zero-order valence-corrected chi connectivity index (χ0v) is 8.08. The highest BCUT2D eigenvalue weighted by Gasteiger charge is 2.29. The number of rotatable bonds is 2. The predicted octanol–water partition coefficient (Wildman–Crippen LogP) is 0.680. The number of hydrogen-bond donors (Lipinski definition) is 2. The SMILES string of the molecule is CC1=C(CCO)C(=O)C2=CC=CC2N1. The quantitative estimate of drug-likeness (QED) is 0.674. The van der Waals surface area contributed by atoms with Crippen LogP contribution in [0.4, 0.5) is 0 Å². The van der Waals surface area contributed by atoms with Crippen molar-refractivity contribution in [2.75, 3.05) is 6.61 Å². The van der Waals surface area contributed by atoms with E-state index in [0.717, 1.165) is 11.3 Å². The molecule has 0 bridgehead atoms. The fourth-order valence-electron chi connectivity index (χ4n) is 1.90. The van der Waals surface area contributed by atoms with Crippen molar-refractivity contribution in [3.8, 4) is 0 Å². The molecule has 0 saturated heterocycles. The minimum atomic E-state index is 0.0193. The third kappa shape index (κ3) is 1.30. The normalized spacial score (nSPS) is 24.9. The third-order valence-corrected chi connectivity index (χ3v) is 2.64. The van der Waals surface area contributed by atoms with Gasteiger partial charge in [0.05, 0.1) is 6.04 Å². The van der Waals surface area contributed by atoms with Gasteiger partial charge >= 0.3 is 0 Å². The maximum Gasteiger partial charge on any atom is 0.189 e. The molecule has 0 radical (unpaired) electrons. The summed E-state index contributed by atoms with van der Waals surface area (Å²) in [7, 11) is 0. The molecule has 0 amide bonds. The first-order chi connectivity index (χ1) is 6.74. The van der Waals surface area contributed by atoms with Crippen LogP contribution in [-0.2, 0) is 4.79 Å². The van der Waals surface area contributed by atoms with Crippen molar-refractivity contribution >= 4 is 5.78 Å². The van der Waals surface area contributed by atoms with Crippen LogP contribution in [0.1, 0.15) is 13.3 Å². The Hall–Kier alpha value is -1.35. The number of nitrogens with one attached hydrogen (secondary N) is 1. The van der Waals surface area contributed by atoms with Crippen LogP contribution in [0.25, 0.3) is 0 Å². The van der Waals surface area contributed by atoms with Crippen molar-refractivity contribution in [3.05, 3.63) is 35.1 Å². The summed E-state index contributed by atoms with van der Waals surface area (Å²) in [6.07, 6.45) is 6.12. The summed E-state index contributed by atoms with van der Waals surface area (Å²) in [5.41, 5.74) is 2.38. The lowest BCUT2D eigenvalue weighted by Crippen LogP contribution is -2.36. The van der Waals surface area contributed by atoms with Crippen molar-refractivity contribution in [1.29, 1.82) is 0 Å². The summed E-state index contributed by atoms with van der Waals surface area (Å²) in [6.45, 7) is 1.90. The minimum absolute atomic E-state index is 0.0193. The molecule has 2 N–H and O–H groups in total. The fraction of sp³-hybridized carbons (Fsp3) is 0.364. The summed E-state index contributed by atoms with van der Waals surface area (Å²) in [4.78, 5) is 11.9. The monoisotopic (exact) mass is 191 g/mol. The zero-order valence-electron chi connectivity index (χ0n) is 8.08. The highest BCUT2D eigenvalue weighted by molar-refractivity contribution is 6.11. The number of carbonyl (C=O) groups excluding carboxylic acids is 1. The Morgan fingerprint density at radius 1 is 1.57 bits per heavy atom. The Labute approximate surface area is 82.8 Å². The molecule has 1 aliphatic carbocycles. The van der Waals surface area contributed by atoms with E-state index in [4.69, 9.17) is 5.11 Å². The topological polar surface area (TPSA) is 49.3 Å². The molecule has 14 heavy (non-hydrogen) atoms. The van der Waals surface area contributed by atoms with Gasteiger partial charge in [-0.1, -0.05) is 18.2 Å². The molecular formula is C11H13NO2. The molecule has 1 unspecified atom stereocenters. The summed E-state index contributed by atoms with van der Waals surface area (Å²) in [5.74, 6) is 0.0744. The number of ketones is 1. The lowest BCUT2D eigenvalue weighted by Gasteiger charge is -2.25. The Bertz CT molecular complexity index is 363. The molecule has 0 spiro atoms. The first-order valence-electron chi connectivity index (χ1n) is 4.74. The molecule has 0 saturated carbocycles. The van der Waals surface area contributed by atoms with Gasteiger partial charge in [-0.3, -0.25) is 4.79 Å². The smallest absolute Gasteiger partial charge is 0.189 e. The molecule has 2 rings (SSSR count). The second-order valence-corrected chi connectivity index (χ2v) is 3.54. The molecule has 1 aliphatic heterocycles. The van der Waals surface area contributed by atoms with Crippen LogP contribution in [0.5, 0.6) is 0 Å². The second kappa shape index (κ2) is 3.42. The van der Waals surface area contributed by atoms with E-state index >= 15 is 0 Å². The van der Waals surface area contributed by atoms with Crippen LogP contribution < -0.4 is 5.32 Å². The summed E-state index contributed by atoms with van der Waals surface area (Å²) >= 11 is 0. The number of hydrogen-bond acceptors (Lipinski definition) is 3. The Kier molecular flexibility index (Phi) is 2.25. The van der Waals surface area contributed by atoms with E-state index in [1.54, 1.807) is 0 Å². The molecule has 3 nitrogen and oxygen atoms in total. The standard InChI is InChI=1S/C11H13NO2/c1-7-8(5-6-13)11(14)9-3-2-4-10(9)12-7/h2-4,10,12-13H,5-6H2,1H3. The van der Waals surface area contributed by atoms with Crippen LogP contribution >= 0.6 is 0 Å². The van der Waals surface area contributed by atoms with E-state index in [2.05, 4.69) is 5.32 Å².